The molecule has 3 rings (SSSR count). The van der Waals surface area contributed by atoms with Crippen molar-refractivity contribution in [2.75, 3.05) is 6.73 Å². The van der Waals surface area contributed by atoms with Gasteiger partial charge in [0.05, 0.1) is 16.0 Å². The highest BCUT2D eigenvalue weighted by molar-refractivity contribution is 7.12. The van der Waals surface area contributed by atoms with E-state index in [1.807, 2.05) is 0 Å². The van der Waals surface area contributed by atoms with Crippen molar-refractivity contribution >= 4 is 35.0 Å². The van der Waals surface area contributed by atoms with E-state index in [1.54, 1.807) is 55.6 Å². The van der Waals surface area contributed by atoms with Gasteiger partial charge in [0, 0.05) is 0 Å². The van der Waals surface area contributed by atoms with Crippen LogP contribution in [0, 0.1) is 5.92 Å². The van der Waals surface area contributed by atoms with Gasteiger partial charge in [0.15, 0.2) is 6.73 Å². The number of thiophene rings is 1. The van der Waals surface area contributed by atoms with E-state index in [-0.39, 0.29) is 23.0 Å². The molecule has 2 aromatic rings. The molecule has 0 saturated heterocycles. The summed E-state index contributed by atoms with van der Waals surface area (Å²) in [6.45, 7) is 3.04. The van der Waals surface area contributed by atoms with E-state index in [0.717, 1.165) is 4.90 Å². The molecule has 1 aromatic heterocycles. The summed E-state index contributed by atoms with van der Waals surface area (Å²) in [5.74, 6) is -2.32. The fourth-order valence-corrected chi connectivity index (χ4v) is 3.32. The van der Waals surface area contributed by atoms with Crippen LogP contribution in [0.3, 0.4) is 0 Å². The van der Waals surface area contributed by atoms with Gasteiger partial charge in [-0.25, -0.2) is 9.69 Å². The monoisotopic (exact) mass is 386 g/mol. The number of esters is 1. The summed E-state index contributed by atoms with van der Waals surface area (Å²) in [5, 5.41) is 4.41. The average Bonchev–Trinajstić information content (AvgIpc) is 3.26. The Balaban J connectivity index is 1.64. The predicted molar refractivity (Wildman–Crippen MR) is 98.3 cm³/mol. The van der Waals surface area contributed by atoms with E-state index < -0.39 is 30.6 Å². The minimum absolute atomic E-state index is 0.233. The van der Waals surface area contributed by atoms with Gasteiger partial charge in [-0.2, -0.15) is 0 Å². The van der Waals surface area contributed by atoms with Crippen LogP contribution in [-0.2, 0) is 9.53 Å². The molecule has 0 radical (unpaired) electrons. The molecule has 0 bridgehead atoms. The summed E-state index contributed by atoms with van der Waals surface area (Å²) < 4.78 is 5.17. The maximum Gasteiger partial charge on any atom is 0.330 e. The Morgan fingerprint density at radius 2 is 1.70 bits per heavy atom. The molecule has 0 unspecified atom stereocenters. The first kappa shape index (κ1) is 18.8. The van der Waals surface area contributed by atoms with Crippen molar-refractivity contribution in [2.24, 2.45) is 5.92 Å². The SMILES string of the molecule is CC(C)[C@@H](NC(=O)c1cccs1)C(=O)OCN1C(=O)c2ccccc2C1=O. The number of carbonyl (C=O) groups is 4. The molecule has 7 nitrogen and oxygen atoms in total. The number of carbonyl (C=O) groups excluding carboxylic acids is 4. The normalized spacial score (nSPS) is 14.3. The third kappa shape index (κ3) is 3.75. The van der Waals surface area contributed by atoms with Crippen molar-refractivity contribution in [2.45, 2.75) is 19.9 Å². The molecule has 0 aliphatic carbocycles. The van der Waals surface area contributed by atoms with Crippen LogP contribution < -0.4 is 5.32 Å². The van der Waals surface area contributed by atoms with Crippen LogP contribution in [0.1, 0.15) is 44.2 Å². The highest BCUT2D eigenvalue weighted by atomic mass is 32.1. The second-order valence-electron chi connectivity index (χ2n) is 6.35. The van der Waals surface area contributed by atoms with Gasteiger partial charge in [0.2, 0.25) is 0 Å². The van der Waals surface area contributed by atoms with Crippen LogP contribution in [-0.4, -0.2) is 41.4 Å². The lowest BCUT2D eigenvalue weighted by Crippen LogP contribution is -2.46. The third-order valence-corrected chi connectivity index (χ3v) is 5.03. The van der Waals surface area contributed by atoms with Crippen LogP contribution in [0.4, 0.5) is 0 Å². The Morgan fingerprint density at radius 3 is 2.22 bits per heavy atom. The van der Waals surface area contributed by atoms with Crippen LogP contribution in [0.2, 0.25) is 0 Å². The van der Waals surface area contributed by atoms with Crippen LogP contribution in [0.5, 0.6) is 0 Å². The molecule has 27 heavy (non-hydrogen) atoms. The van der Waals surface area contributed by atoms with Gasteiger partial charge in [-0.3, -0.25) is 14.4 Å². The van der Waals surface area contributed by atoms with Crippen molar-refractivity contribution in [3.8, 4) is 0 Å². The first-order valence-corrected chi connectivity index (χ1v) is 9.24. The first-order valence-electron chi connectivity index (χ1n) is 8.36. The highest BCUT2D eigenvalue weighted by Gasteiger charge is 2.36. The molecule has 140 valence electrons. The van der Waals surface area contributed by atoms with E-state index >= 15 is 0 Å². The number of nitrogens with zero attached hydrogens (tertiary/aromatic N) is 1. The average molecular weight is 386 g/mol. The number of rotatable bonds is 6. The predicted octanol–water partition coefficient (Wildman–Crippen LogP) is 2.30. The van der Waals surface area contributed by atoms with Crippen LogP contribution in [0.15, 0.2) is 41.8 Å². The van der Waals surface area contributed by atoms with E-state index in [9.17, 15) is 19.2 Å². The quantitative estimate of drug-likeness (QED) is 0.607. The van der Waals surface area contributed by atoms with Gasteiger partial charge in [0.25, 0.3) is 17.7 Å². The van der Waals surface area contributed by atoms with Crippen LogP contribution >= 0.6 is 11.3 Å². The Labute approximate surface area is 159 Å². The topological polar surface area (TPSA) is 92.8 Å². The lowest BCUT2D eigenvalue weighted by Gasteiger charge is -2.22. The maximum absolute atomic E-state index is 12.4. The fourth-order valence-electron chi connectivity index (χ4n) is 2.69. The van der Waals surface area contributed by atoms with E-state index in [1.165, 1.54) is 11.3 Å². The number of hydrogen-bond donors (Lipinski definition) is 1. The second-order valence-corrected chi connectivity index (χ2v) is 7.30. The summed E-state index contributed by atoms with van der Waals surface area (Å²) in [6.07, 6.45) is 0. The number of imide groups is 1. The summed E-state index contributed by atoms with van der Waals surface area (Å²) in [6, 6.07) is 8.93. The van der Waals surface area contributed by atoms with Gasteiger partial charge >= 0.3 is 5.97 Å². The number of hydrogen-bond acceptors (Lipinski definition) is 6. The molecule has 1 atom stereocenters. The largest absolute Gasteiger partial charge is 0.442 e. The van der Waals surface area contributed by atoms with Crippen molar-refractivity contribution in [3.05, 3.63) is 57.8 Å². The van der Waals surface area contributed by atoms with Gasteiger partial charge in [0.1, 0.15) is 6.04 Å². The summed E-state index contributed by atoms with van der Waals surface area (Å²) in [5.41, 5.74) is 0.565. The third-order valence-electron chi connectivity index (χ3n) is 4.17. The molecule has 1 N–H and O–H groups in total. The number of nitrogens with one attached hydrogen (secondary N) is 1. The molecule has 0 saturated carbocycles. The van der Waals surface area contributed by atoms with Gasteiger partial charge in [-0.05, 0) is 29.5 Å². The first-order chi connectivity index (χ1) is 12.9. The summed E-state index contributed by atoms with van der Waals surface area (Å²) in [4.78, 5) is 50.6. The minimum Gasteiger partial charge on any atom is -0.442 e. The molecule has 1 aliphatic rings. The van der Waals surface area contributed by atoms with Gasteiger partial charge < -0.3 is 10.1 Å². The Kier molecular flexibility index (Phi) is 5.36. The van der Waals surface area contributed by atoms with E-state index in [0.29, 0.717) is 4.88 Å². The molecular formula is C19H18N2O5S. The number of benzene rings is 1. The molecule has 1 aromatic carbocycles. The molecule has 0 fully saturated rings. The van der Waals surface area contributed by atoms with Crippen molar-refractivity contribution in [3.63, 3.8) is 0 Å². The number of ether oxygens (including phenoxy) is 1. The number of fused-ring (bicyclic) bond motifs is 1. The Bertz CT molecular complexity index is 856. The summed E-state index contributed by atoms with van der Waals surface area (Å²) in [7, 11) is 0. The molecular weight excluding hydrogens is 368 g/mol. The molecule has 0 spiro atoms. The van der Waals surface area contributed by atoms with E-state index in [4.69, 9.17) is 4.74 Å². The second kappa shape index (κ2) is 7.71. The van der Waals surface area contributed by atoms with Crippen molar-refractivity contribution < 1.29 is 23.9 Å². The zero-order chi connectivity index (χ0) is 19.6. The van der Waals surface area contributed by atoms with E-state index in [2.05, 4.69) is 5.32 Å². The molecule has 1 aliphatic heterocycles. The van der Waals surface area contributed by atoms with Gasteiger partial charge in [-0.1, -0.05) is 32.0 Å². The van der Waals surface area contributed by atoms with Crippen molar-refractivity contribution in [1.82, 2.24) is 10.2 Å². The Hall–Kier alpha value is -3.00. The maximum atomic E-state index is 12.4. The van der Waals surface area contributed by atoms with Gasteiger partial charge in [-0.15, -0.1) is 11.3 Å². The zero-order valence-electron chi connectivity index (χ0n) is 14.8. The Morgan fingerprint density at radius 1 is 1.07 bits per heavy atom. The fraction of sp³-hybridized carbons (Fsp3) is 0.263. The standard InChI is InChI=1S/C19H18N2O5S/c1-11(2)15(20-16(22)14-8-5-9-27-14)19(25)26-10-21-17(23)12-6-3-4-7-13(12)18(21)24/h3-9,11,15H,10H2,1-2H3,(H,20,22)/t15-/m1/s1. The zero-order valence-corrected chi connectivity index (χ0v) is 15.6. The molecule has 2 heterocycles. The van der Waals surface area contributed by atoms with Crippen LogP contribution in [0.25, 0.3) is 0 Å². The minimum atomic E-state index is -0.894. The highest BCUT2D eigenvalue weighted by Crippen LogP contribution is 2.22. The van der Waals surface area contributed by atoms with Crippen molar-refractivity contribution in [1.29, 1.82) is 0 Å². The molecule has 8 heteroatoms. The number of amides is 3. The smallest absolute Gasteiger partial charge is 0.330 e. The summed E-state index contributed by atoms with van der Waals surface area (Å²) >= 11 is 1.26. The lowest BCUT2D eigenvalue weighted by atomic mass is 10.0. The molecule has 3 amide bonds. The lowest BCUT2D eigenvalue weighted by molar-refractivity contribution is -0.149.